The minimum absolute atomic E-state index is 0.114. The van der Waals surface area contributed by atoms with Crippen LogP contribution in [0.5, 0.6) is 0 Å². The second-order valence-corrected chi connectivity index (χ2v) is 8.41. The van der Waals surface area contributed by atoms with Crippen molar-refractivity contribution >= 4 is 12.0 Å². The van der Waals surface area contributed by atoms with E-state index >= 15 is 0 Å². The van der Waals surface area contributed by atoms with Crippen LogP contribution in [0, 0.1) is 5.92 Å². The zero-order valence-corrected chi connectivity index (χ0v) is 17.7. The monoisotopic (exact) mass is 384 g/mol. The fourth-order valence-electron chi connectivity index (χ4n) is 4.56. The van der Waals surface area contributed by atoms with Crippen molar-refractivity contribution in [1.29, 1.82) is 0 Å². The van der Waals surface area contributed by atoms with E-state index in [1.807, 2.05) is 0 Å². The maximum atomic E-state index is 11.3. The molecule has 0 spiro atoms. The van der Waals surface area contributed by atoms with E-state index in [4.69, 9.17) is 4.74 Å². The molecule has 0 aromatic heterocycles. The number of methoxy groups -OCH3 is 1. The summed E-state index contributed by atoms with van der Waals surface area (Å²) in [5.74, 6) is 0.600. The zero-order chi connectivity index (χ0) is 19.9. The van der Waals surface area contributed by atoms with E-state index in [1.54, 1.807) is 5.57 Å². The molecule has 4 nitrogen and oxygen atoms in total. The summed E-state index contributed by atoms with van der Waals surface area (Å²) in [4.78, 5) is 13.7. The predicted octanol–water partition coefficient (Wildman–Crippen LogP) is 4.26. The lowest BCUT2D eigenvalue weighted by molar-refractivity contribution is -0.141. The summed E-state index contributed by atoms with van der Waals surface area (Å²) in [5, 5.41) is 3.93. The Morgan fingerprint density at radius 1 is 1.21 bits per heavy atom. The Morgan fingerprint density at radius 2 is 1.93 bits per heavy atom. The first kappa shape index (κ1) is 21.1. The van der Waals surface area contributed by atoms with Gasteiger partial charge in [-0.3, -0.25) is 4.79 Å². The lowest BCUT2D eigenvalue weighted by Crippen LogP contribution is -2.42. The molecule has 28 heavy (non-hydrogen) atoms. The number of nitrogens with one attached hydrogen (secondary N) is 1. The van der Waals surface area contributed by atoms with E-state index in [0.717, 1.165) is 13.0 Å². The van der Waals surface area contributed by atoms with Gasteiger partial charge in [0.1, 0.15) is 0 Å². The molecular weight excluding hydrogens is 348 g/mol. The van der Waals surface area contributed by atoms with Gasteiger partial charge in [0, 0.05) is 24.7 Å². The van der Waals surface area contributed by atoms with Gasteiger partial charge in [-0.1, -0.05) is 48.9 Å². The van der Waals surface area contributed by atoms with Gasteiger partial charge >= 0.3 is 5.97 Å². The topological polar surface area (TPSA) is 41.6 Å². The molecule has 0 radical (unpaired) electrons. The number of carbonyl (C=O) groups is 1. The van der Waals surface area contributed by atoms with Crippen molar-refractivity contribution in [2.45, 2.75) is 70.0 Å². The average molecular weight is 385 g/mol. The van der Waals surface area contributed by atoms with Crippen molar-refractivity contribution in [1.82, 2.24) is 10.2 Å². The van der Waals surface area contributed by atoms with Gasteiger partial charge in [-0.15, -0.1) is 0 Å². The van der Waals surface area contributed by atoms with Gasteiger partial charge in [-0.05, 0) is 57.1 Å². The molecule has 0 aliphatic heterocycles. The predicted molar refractivity (Wildman–Crippen MR) is 115 cm³/mol. The van der Waals surface area contributed by atoms with Gasteiger partial charge in [0.25, 0.3) is 0 Å². The SMILES string of the molecule is CC/C(=C\c1ccccc1)[C@@H]1C[C@H]1NC1CCC(N(C)CCC(=O)OC)CC1. The lowest BCUT2D eigenvalue weighted by atomic mass is 9.90. The van der Waals surface area contributed by atoms with E-state index in [2.05, 4.69) is 60.6 Å². The van der Waals surface area contributed by atoms with Crippen LogP contribution < -0.4 is 5.32 Å². The molecule has 154 valence electrons. The van der Waals surface area contributed by atoms with Gasteiger partial charge in [0.15, 0.2) is 0 Å². The average Bonchev–Trinajstić information content (AvgIpc) is 3.50. The van der Waals surface area contributed by atoms with Crippen molar-refractivity contribution in [3.8, 4) is 0 Å². The number of esters is 1. The van der Waals surface area contributed by atoms with Crippen molar-refractivity contribution in [2.24, 2.45) is 5.92 Å². The highest BCUT2D eigenvalue weighted by molar-refractivity contribution is 5.69. The third kappa shape index (κ3) is 5.92. The summed E-state index contributed by atoms with van der Waals surface area (Å²) in [5.41, 5.74) is 2.90. The van der Waals surface area contributed by atoms with Crippen molar-refractivity contribution in [2.75, 3.05) is 20.7 Å². The van der Waals surface area contributed by atoms with Crippen LogP contribution in [0.3, 0.4) is 0 Å². The largest absolute Gasteiger partial charge is 0.469 e. The van der Waals surface area contributed by atoms with Crippen molar-refractivity contribution in [3.05, 3.63) is 41.5 Å². The Balaban J connectivity index is 1.41. The Labute approximate surface area is 170 Å². The molecular formula is C24H36N2O2. The zero-order valence-electron chi connectivity index (χ0n) is 17.7. The number of carbonyl (C=O) groups excluding carboxylic acids is 1. The number of benzene rings is 1. The minimum Gasteiger partial charge on any atom is -0.469 e. The van der Waals surface area contributed by atoms with Gasteiger partial charge in [-0.2, -0.15) is 0 Å². The molecule has 0 saturated heterocycles. The van der Waals surface area contributed by atoms with Crippen LogP contribution in [-0.4, -0.2) is 49.7 Å². The molecule has 4 heteroatoms. The van der Waals surface area contributed by atoms with Crippen LogP contribution in [0.25, 0.3) is 6.08 Å². The summed E-state index contributed by atoms with van der Waals surface area (Å²) >= 11 is 0. The highest BCUT2D eigenvalue weighted by Crippen LogP contribution is 2.40. The number of hydrogen-bond acceptors (Lipinski definition) is 4. The van der Waals surface area contributed by atoms with E-state index in [9.17, 15) is 4.79 Å². The Morgan fingerprint density at radius 3 is 2.57 bits per heavy atom. The number of hydrogen-bond donors (Lipinski definition) is 1. The molecule has 2 fully saturated rings. The Bertz CT molecular complexity index is 650. The maximum Gasteiger partial charge on any atom is 0.306 e. The number of nitrogens with zero attached hydrogens (tertiary/aromatic N) is 1. The first-order valence-corrected chi connectivity index (χ1v) is 10.9. The highest BCUT2D eigenvalue weighted by atomic mass is 16.5. The molecule has 2 aliphatic rings. The third-order valence-corrected chi connectivity index (χ3v) is 6.49. The van der Waals surface area contributed by atoms with Crippen LogP contribution in [-0.2, 0) is 9.53 Å². The molecule has 0 amide bonds. The van der Waals surface area contributed by atoms with E-state index < -0.39 is 0 Å². The molecule has 2 atom stereocenters. The second kappa shape index (κ2) is 10.2. The van der Waals surface area contributed by atoms with E-state index in [0.29, 0.717) is 30.5 Å². The molecule has 1 aromatic carbocycles. The fraction of sp³-hybridized carbons (Fsp3) is 0.625. The number of rotatable bonds is 9. The first-order chi connectivity index (χ1) is 13.6. The summed E-state index contributed by atoms with van der Waals surface area (Å²) in [6.07, 6.45) is 10.2. The molecule has 1 aromatic rings. The Hall–Kier alpha value is -1.65. The molecule has 0 heterocycles. The van der Waals surface area contributed by atoms with Crippen molar-refractivity contribution in [3.63, 3.8) is 0 Å². The summed E-state index contributed by atoms with van der Waals surface area (Å²) < 4.78 is 4.75. The molecule has 0 unspecified atom stereocenters. The third-order valence-electron chi connectivity index (χ3n) is 6.49. The molecule has 2 saturated carbocycles. The highest BCUT2D eigenvalue weighted by Gasteiger charge is 2.40. The van der Waals surface area contributed by atoms with Gasteiger partial charge in [0.2, 0.25) is 0 Å². The van der Waals surface area contributed by atoms with Crippen LogP contribution in [0.15, 0.2) is 35.9 Å². The van der Waals surface area contributed by atoms with Gasteiger partial charge < -0.3 is 15.0 Å². The normalized spacial score (nSPS) is 27.6. The minimum atomic E-state index is -0.114. The van der Waals surface area contributed by atoms with E-state index in [1.165, 1.54) is 44.8 Å². The molecule has 3 rings (SSSR count). The van der Waals surface area contributed by atoms with Gasteiger partial charge in [0.05, 0.1) is 13.5 Å². The van der Waals surface area contributed by atoms with Crippen LogP contribution >= 0.6 is 0 Å². The smallest absolute Gasteiger partial charge is 0.306 e. The number of ether oxygens (including phenoxy) is 1. The summed E-state index contributed by atoms with van der Waals surface area (Å²) in [6, 6.07) is 12.6. The first-order valence-electron chi connectivity index (χ1n) is 10.9. The second-order valence-electron chi connectivity index (χ2n) is 8.41. The van der Waals surface area contributed by atoms with Crippen LogP contribution in [0.4, 0.5) is 0 Å². The standard InChI is InChI=1S/C24H36N2O2/c1-4-19(16-18-8-6-5-7-9-18)22-17-23(22)25-20-10-12-21(13-11-20)26(2)15-14-24(27)28-3/h5-9,16,20-23,25H,4,10-15,17H2,1-3H3/b19-16+/t20?,21?,22-,23+/m0/s1. The molecule has 2 aliphatic carbocycles. The van der Waals surface area contributed by atoms with Crippen LogP contribution in [0.2, 0.25) is 0 Å². The molecule has 1 N–H and O–H groups in total. The summed E-state index contributed by atoms with van der Waals surface area (Å²) in [6.45, 7) is 3.07. The quantitative estimate of drug-likeness (QED) is 0.646. The summed E-state index contributed by atoms with van der Waals surface area (Å²) in [7, 11) is 3.60. The van der Waals surface area contributed by atoms with Crippen LogP contribution in [0.1, 0.15) is 57.4 Å². The van der Waals surface area contributed by atoms with Crippen molar-refractivity contribution < 1.29 is 9.53 Å². The van der Waals surface area contributed by atoms with Gasteiger partial charge in [-0.25, -0.2) is 0 Å². The molecule has 0 bridgehead atoms. The Kier molecular flexibility index (Phi) is 7.69. The van der Waals surface area contributed by atoms with E-state index in [-0.39, 0.29) is 5.97 Å². The maximum absolute atomic E-state index is 11.3. The fourth-order valence-corrected chi connectivity index (χ4v) is 4.56. The lowest BCUT2D eigenvalue weighted by Gasteiger charge is -2.35.